The van der Waals surface area contributed by atoms with Crippen molar-refractivity contribution < 1.29 is 19.4 Å². The van der Waals surface area contributed by atoms with Crippen molar-refractivity contribution in [3.63, 3.8) is 0 Å². The molecule has 1 atom stereocenters. The van der Waals surface area contributed by atoms with Crippen LogP contribution in [0.5, 0.6) is 5.75 Å². The predicted molar refractivity (Wildman–Crippen MR) is 88.0 cm³/mol. The fraction of sp³-hybridized carbons (Fsp3) is 0.556. The van der Waals surface area contributed by atoms with E-state index in [-0.39, 0.29) is 11.7 Å². The molecule has 1 unspecified atom stereocenters. The van der Waals surface area contributed by atoms with Crippen LogP contribution in [0.15, 0.2) is 24.3 Å². The molecule has 1 N–H and O–H groups in total. The van der Waals surface area contributed by atoms with Crippen LogP contribution in [0.3, 0.4) is 0 Å². The minimum atomic E-state index is -0.737. The zero-order chi connectivity index (χ0) is 16.7. The Balaban J connectivity index is 1.91. The third kappa shape index (κ3) is 5.06. The summed E-state index contributed by atoms with van der Waals surface area (Å²) in [5.74, 6) is -0.353. The Hall–Kier alpha value is -1.88. The molecular formula is C18H25NO4. The largest absolute Gasteiger partial charge is 0.493 e. The van der Waals surface area contributed by atoms with E-state index in [1.807, 2.05) is 25.1 Å². The number of nitrogens with zero attached hydrogens (tertiary/aromatic N) is 1. The molecular weight excluding hydrogens is 294 g/mol. The van der Waals surface area contributed by atoms with E-state index in [1.54, 1.807) is 6.07 Å². The number of ketones is 1. The van der Waals surface area contributed by atoms with Gasteiger partial charge >= 0.3 is 5.97 Å². The lowest BCUT2D eigenvalue weighted by atomic mass is 9.98. The Morgan fingerprint density at radius 2 is 2.13 bits per heavy atom. The summed E-state index contributed by atoms with van der Waals surface area (Å²) in [5, 5.41) is 9.12. The third-order valence-electron chi connectivity index (χ3n) is 4.16. The Labute approximate surface area is 137 Å². The molecule has 1 aliphatic rings. The standard InChI is InChI=1S/C18H25NO4/c1-2-12-23-17-8-4-3-7-15(17)16(20)9-11-19-10-5-6-14(13-19)18(21)22/h3-4,7-8,14H,2,5-6,9-13H2,1H3,(H,21,22). The Bertz CT molecular complexity index is 544. The van der Waals surface area contributed by atoms with E-state index in [1.165, 1.54) is 0 Å². The highest BCUT2D eigenvalue weighted by atomic mass is 16.5. The number of hydrogen-bond acceptors (Lipinski definition) is 4. The molecule has 1 fully saturated rings. The lowest BCUT2D eigenvalue weighted by Gasteiger charge is -2.30. The number of ether oxygens (including phenoxy) is 1. The predicted octanol–water partition coefficient (Wildman–Crippen LogP) is 2.84. The number of Topliss-reactive ketones (excluding diaryl/α,β-unsaturated/α-hetero) is 1. The maximum Gasteiger partial charge on any atom is 0.307 e. The van der Waals surface area contributed by atoms with E-state index in [0.717, 1.165) is 25.8 Å². The molecule has 126 valence electrons. The van der Waals surface area contributed by atoms with Crippen molar-refractivity contribution in [3.05, 3.63) is 29.8 Å². The molecule has 1 saturated heterocycles. The summed E-state index contributed by atoms with van der Waals surface area (Å²) >= 11 is 0. The molecule has 5 heteroatoms. The van der Waals surface area contributed by atoms with Gasteiger partial charge in [-0.1, -0.05) is 19.1 Å². The summed E-state index contributed by atoms with van der Waals surface area (Å²) in [7, 11) is 0. The lowest BCUT2D eigenvalue weighted by molar-refractivity contribution is -0.143. The van der Waals surface area contributed by atoms with Gasteiger partial charge in [-0.25, -0.2) is 0 Å². The first-order valence-electron chi connectivity index (χ1n) is 8.32. The fourth-order valence-electron chi connectivity index (χ4n) is 2.89. The molecule has 1 aromatic carbocycles. The van der Waals surface area contributed by atoms with Crippen molar-refractivity contribution in [2.24, 2.45) is 5.92 Å². The van der Waals surface area contributed by atoms with Crippen molar-refractivity contribution in [1.82, 2.24) is 4.90 Å². The first kappa shape index (κ1) is 17.5. The van der Waals surface area contributed by atoms with E-state index >= 15 is 0 Å². The second-order valence-corrected chi connectivity index (χ2v) is 6.00. The van der Waals surface area contributed by atoms with Crippen molar-refractivity contribution in [3.8, 4) is 5.75 Å². The summed E-state index contributed by atoms with van der Waals surface area (Å²) in [4.78, 5) is 25.6. The van der Waals surface area contributed by atoms with Gasteiger partial charge in [0.25, 0.3) is 0 Å². The molecule has 0 radical (unpaired) electrons. The van der Waals surface area contributed by atoms with Gasteiger partial charge in [-0.2, -0.15) is 0 Å². The molecule has 1 aliphatic heterocycles. The number of aliphatic carboxylic acids is 1. The molecule has 1 heterocycles. The van der Waals surface area contributed by atoms with Gasteiger partial charge in [-0.15, -0.1) is 0 Å². The summed E-state index contributed by atoms with van der Waals surface area (Å²) in [6.07, 6.45) is 2.89. The number of likely N-dealkylation sites (tertiary alicyclic amines) is 1. The third-order valence-corrected chi connectivity index (χ3v) is 4.16. The van der Waals surface area contributed by atoms with E-state index < -0.39 is 5.97 Å². The molecule has 0 bridgehead atoms. The first-order chi connectivity index (χ1) is 11.1. The van der Waals surface area contributed by atoms with Crippen LogP contribution in [0.4, 0.5) is 0 Å². The second kappa shape index (κ2) is 8.67. The van der Waals surface area contributed by atoms with Crippen LogP contribution in [-0.4, -0.2) is 48.0 Å². The van der Waals surface area contributed by atoms with Crippen LogP contribution < -0.4 is 4.74 Å². The normalized spacial score (nSPS) is 18.6. The zero-order valence-corrected chi connectivity index (χ0v) is 13.7. The molecule has 0 spiro atoms. The summed E-state index contributed by atoms with van der Waals surface area (Å²) in [5.41, 5.74) is 0.618. The molecule has 0 amide bonds. The summed E-state index contributed by atoms with van der Waals surface area (Å²) in [6.45, 7) is 4.63. The first-order valence-corrected chi connectivity index (χ1v) is 8.32. The summed E-state index contributed by atoms with van der Waals surface area (Å²) < 4.78 is 5.64. The number of para-hydroxylation sites is 1. The second-order valence-electron chi connectivity index (χ2n) is 6.00. The number of rotatable bonds is 8. The molecule has 5 nitrogen and oxygen atoms in total. The smallest absolute Gasteiger partial charge is 0.307 e. The fourth-order valence-corrected chi connectivity index (χ4v) is 2.89. The van der Waals surface area contributed by atoms with E-state index in [2.05, 4.69) is 4.90 Å². The Morgan fingerprint density at radius 1 is 1.35 bits per heavy atom. The number of carboxylic acids is 1. The van der Waals surface area contributed by atoms with Gasteiger partial charge in [-0.05, 0) is 37.9 Å². The van der Waals surface area contributed by atoms with Crippen LogP contribution in [-0.2, 0) is 4.79 Å². The maximum atomic E-state index is 12.5. The van der Waals surface area contributed by atoms with Gasteiger partial charge in [0.2, 0.25) is 0 Å². The molecule has 0 aliphatic carbocycles. The molecule has 1 aromatic rings. The van der Waals surface area contributed by atoms with Crippen molar-refractivity contribution >= 4 is 11.8 Å². The van der Waals surface area contributed by atoms with Gasteiger partial charge in [0.05, 0.1) is 18.1 Å². The van der Waals surface area contributed by atoms with Gasteiger partial charge < -0.3 is 14.7 Å². The SMILES string of the molecule is CCCOc1ccccc1C(=O)CCN1CCCC(C(=O)O)C1. The number of hydrogen-bond donors (Lipinski definition) is 1. The number of carbonyl (C=O) groups excluding carboxylic acids is 1. The molecule has 2 rings (SSSR count). The van der Waals surface area contributed by atoms with Crippen LogP contribution >= 0.6 is 0 Å². The number of carbonyl (C=O) groups is 2. The van der Waals surface area contributed by atoms with Crippen molar-refractivity contribution in [1.29, 1.82) is 0 Å². The van der Waals surface area contributed by atoms with Gasteiger partial charge in [0.15, 0.2) is 5.78 Å². The number of benzene rings is 1. The van der Waals surface area contributed by atoms with Crippen LogP contribution in [0.25, 0.3) is 0 Å². The van der Waals surface area contributed by atoms with Crippen LogP contribution in [0, 0.1) is 5.92 Å². The maximum absolute atomic E-state index is 12.5. The lowest BCUT2D eigenvalue weighted by Crippen LogP contribution is -2.39. The van der Waals surface area contributed by atoms with Crippen LogP contribution in [0.1, 0.15) is 43.0 Å². The Kier molecular flexibility index (Phi) is 6.59. The minimum absolute atomic E-state index is 0.0501. The topological polar surface area (TPSA) is 66.8 Å². The average molecular weight is 319 g/mol. The van der Waals surface area contributed by atoms with E-state index in [9.17, 15) is 9.59 Å². The van der Waals surface area contributed by atoms with Gasteiger partial charge in [0, 0.05) is 19.5 Å². The highest BCUT2D eigenvalue weighted by Crippen LogP contribution is 2.21. The average Bonchev–Trinajstić information content (AvgIpc) is 2.58. The molecule has 0 aromatic heterocycles. The highest BCUT2D eigenvalue weighted by molar-refractivity contribution is 5.98. The molecule has 0 saturated carbocycles. The monoisotopic (exact) mass is 319 g/mol. The molecule has 23 heavy (non-hydrogen) atoms. The van der Waals surface area contributed by atoms with Crippen molar-refractivity contribution in [2.75, 3.05) is 26.2 Å². The zero-order valence-electron chi connectivity index (χ0n) is 13.7. The van der Waals surface area contributed by atoms with E-state index in [4.69, 9.17) is 9.84 Å². The van der Waals surface area contributed by atoms with Crippen LogP contribution in [0.2, 0.25) is 0 Å². The Morgan fingerprint density at radius 3 is 2.87 bits per heavy atom. The minimum Gasteiger partial charge on any atom is -0.493 e. The van der Waals surface area contributed by atoms with E-state index in [0.29, 0.717) is 37.4 Å². The number of carboxylic acid groups (broad SMARTS) is 1. The van der Waals surface area contributed by atoms with Crippen molar-refractivity contribution in [2.45, 2.75) is 32.6 Å². The van der Waals surface area contributed by atoms with Gasteiger partial charge in [0.1, 0.15) is 5.75 Å². The quantitative estimate of drug-likeness (QED) is 0.746. The summed E-state index contributed by atoms with van der Waals surface area (Å²) in [6, 6.07) is 7.32. The van der Waals surface area contributed by atoms with Gasteiger partial charge in [-0.3, -0.25) is 9.59 Å². The number of piperidine rings is 1. The highest BCUT2D eigenvalue weighted by Gasteiger charge is 2.25.